The fraction of sp³-hybridized carbons (Fsp3) is 0.143. The maximum absolute atomic E-state index is 12.9. The van der Waals surface area contributed by atoms with Crippen molar-refractivity contribution in [1.82, 2.24) is 4.98 Å². The Labute approximate surface area is 80.9 Å². The molecule has 0 atom stereocenters. The molecule has 1 aromatic heterocycles. The lowest BCUT2D eigenvalue weighted by Crippen LogP contribution is -2.16. The highest BCUT2D eigenvalue weighted by Gasteiger charge is 2.11. The van der Waals surface area contributed by atoms with Crippen LogP contribution in [-0.4, -0.2) is 18.1 Å². The summed E-state index contributed by atoms with van der Waals surface area (Å²) in [4.78, 5) is 23.9. The molecule has 1 rings (SSSR count). The first-order valence-electron chi connectivity index (χ1n) is 3.23. The number of hydrogen-bond acceptors (Lipinski definition) is 3. The Morgan fingerprint density at radius 1 is 1.69 bits per heavy atom. The third-order valence-electron chi connectivity index (χ3n) is 1.33. The van der Waals surface area contributed by atoms with Crippen LogP contribution in [0.25, 0.3) is 0 Å². The van der Waals surface area contributed by atoms with Gasteiger partial charge in [0, 0.05) is 6.07 Å². The van der Waals surface area contributed by atoms with E-state index in [4.69, 9.17) is 0 Å². The van der Waals surface area contributed by atoms with Gasteiger partial charge in [-0.2, -0.15) is 0 Å². The summed E-state index contributed by atoms with van der Waals surface area (Å²) in [5, 5.41) is 0. The first-order valence-corrected chi connectivity index (χ1v) is 4.02. The van der Waals surface area contributed by atoms with Gasteiger partial charge in [-0.15, -0.1) is 0 Å². The normalized spacial score (nSPS) is 9.77. The van der Waals surface area contributed by atoms with E-state index in [9.17, 15) is 14.0 Å². The predicted molar refractivity (Wildman–Crippen MR) is 46.1 cm³/mol. The molecule has 4 nitrogen and oxygen atoms in total. The minimum atomic E-state index is -0.802. The van der Waals surface area contributed by atoms with Crippen molar-refractivity contribution >= 4 is 21.9 Å². The van der Waals surface area contributed by atoms with Gasteiger partial charge in [0.2, 0.25) is 0 Å². The van der Waals surface area contributed by atoms with Gasteiger partial charge < -0.3 is 9.72 Å². The lowest BCUT2D eigenvalue weighted by Gasteiger charge is -1.99. The summed E-state index contributed by atoms with van der Waals surface area (Å²) in [7, 11) is 1.14. The molecule has 0 aromatic carbocycles. The predicted octanol–water partition coefficient (Wildman–Crippen LogP) is 1.06. The van der Waals surface area contributed by atoms with E-state index in [1.807, 2.05) is 0 Å². The second-order valence-electron chi connectivity index (χ2n) is 2.17. The van der Waals surface area contributed by atoms with Crippen molar-refractivity contribution in [2.75, 3.05) is 7.11 Å². The molecule has 0 aliphatic heterocycles. The van der Waals surface area contributed by atoms with Crippen LogP contribution in [0.1, 0.15) is 10.5 Å². The first-order chi connectivity index (χ1) is 6.06. The van der Waals surface area contributed by atoms with E-state index >= 15 is 0 Å². The van der Waals surface area contributed by atoms with E-state index in [1.165, 1.54) is 0 Å². The van der Waals surface area contributed by atoms with E-state index in [0.717, 1.165) is 13.2 Å². The molecule has 0 bridgehead atoms. The van der Waals surface area contributed by atoms with Crippen LogP contribution in [-0.2, 0) is 4.74 Å². The Morgan fingerprint density at radius 2 is 2.31 bits per heavy atom. The average molecular weight is 250 g/mol. The second kappa shape index (κ2) is 3.69. The van der Waals surface area contributed by atoms with Crippen molar-refractivity contribution in [2.45, 2.75) is 0 Å². The lowest BCUT2D eigenvalue weighted by atomic mass is 10.3. The molecule has 0 amide bonds. The van der Waals surface area contributed by atoms with Crippen molar-refractivity contribution in [3.8, 4) is 0 Å². The number of H-pyrrole nitrogens is 1. The molecule has 0 saturated carbocycles. The van der Waals surface area contributed by atoms with Gasteiger partial charge in [-0.3, -0.25) is 4.79 Å². The smallest absolute Gasteiger partial charge is 0.354 e. The van der Waals surface area contributed by atoms with Crippen molar-refractivity contribution in [1.29, 1.82) is 0 Å². The molecule has 13 heavy (non-hydrogen) atoms. The Bertz CT molecular complexity index is 401. The lowest BCUT2D eigenvalue weighted by molar-refractivity contribution is 0.0593. The standard InChI is InChI=1S/C7H5BrFNO3/c1-13-7(12)4-2-3(9)5(8)6(11)10-4/h2H,1H3,(H,10,11). The number of esters is 1. The molecule has 1 heterocycles. The third-order valence-corrected chi connectivity index (χ3v) is 2.07. The van der Waals surface area contributed by atoms with Crippen LogP contribution in [0.3, 0.4) is 0 Å². The van der Waals surface area contributed by atoms with Gasteiger partial charge in [0.1, 0.15) is 16.0 Å². The number of methoxy groups -OCH3 is 1. The molecule has 0 unspecified atom stereocenters. The largest absolute Gasteiger partial charge is 0.464 e. The summed E-state index contributed by atoms with van der Waals surface area (Å²) in [5.41, 5.74) is -0.923. The highest BCUT2D eigenvalue weighted by molar-refractivity contribution is 9.10. The summed E-state index contributed by atoms with van der Waals surface area (Å²) in [6.07, 6.45) is 0. The summed E-state index contributed by atoms with van der Waals surface area (Å²) in [5.74, 6) is -1.59. The SMILES string of the molecule is COC(=O)c1cc(F)c(Br)c(=O)[nH]1. The van der Waals surface area contributed by atoms with Gasteiger partial charge in [0.15, 0.2) is 0 Å². The van der Waals surface area contributed by atoms with Gasteiger partial charge >= 0.3 is 5.97 Å². The molecular formula is C7H5BrFNO3. The van der Waals surface area contributed by atoms with Gasteiger partial charge in [-0.05, 0) is 15.9 Å². The Hall–Kier alpha value is -1.17. The molecule has 0 saturated heterocycles. The van der Waals surface area contributed by atoms with E-state index in [1.54, 1.807) is 0 Å². The topological polar surface area (TPSA) is 59.2 Å². The summed E-state index contributed by atoms with van der Waals surface area (Å²) < 4.78 is 16.9. The number of pyridine rings is 1. The van der Waals surface area contributed by atoms with Crippen molar-refractivity contribution in [3.63, 3.8) is 0 Å². The molecule has 0 fully saturated rings. The van der Waals surface area contributed by atoms with Crippen LogP contribution in [0.15, 0.2) is 15.3 Å². The number of nitrogens with one attached hydrogen (secondary N) is 1. The Morgan fingerprint density at radius 3 is 2.77 bits per heavy atom. The molecular weight excluding hydrogens is 245 g/mol. The molecule has 6 heteroatoms. The summed E-state index contributed by atoms with van der Waals surface area (Å²) in [6.45, 7) is 0. The van der Waals surface area contributed by atoms with Crippen LogP contribution in [0.5, 0.6) is 0 Å². The molecule has 70 valence electrons. The average Bonchev–Trinajstić information content (AvgIpc) is 2.12. The first kappa shape index (κ1) is 9.91. The number of carbonyl (C=O) groups excluding carboxylic acids is 1. The van der Waals surface area contributed by atoms with Gasteiger partial charge in [0.05, 0.1) is 7.11 Å². The number of carbonyl (C=O) groups is 1. The summed E-state index contributed by atoms with van der Waals surface area (Å²) >= 11 is 2.71. The second-order valence-corrected chi connectivity index (χ2v) is 2.96. The van der Waals surface area contributed by atoms with E-state index in [2.05, 4.69) is 25.7 Å². The van der Waals surface area contributed by atoms with Crippen molar-refractivity contribution in [3.05, 3.63) is 32.4 Å². The van der Waals surface area contributed by atoms with Crippen LogP contribution >= 0.6 is 15.9 Å². The number of aromatic nitrogens is 1. The van der Waals surface area contributed by atoms with Crippen molar-refractivity contribution < 1.29 is 13.9 Å². The maximum Gasteiger partial charge on any atom is 0.354 e. The fourth-order valence-corrected chi connectivity index (χ4v) is 0.945. The zero-order valence-electron chi connectivity index (χ0n) is 6.56. The van der Waals surface area contributed by atoms with Gasteiger partial charge in [0.25, 0.3) is 5.56 Å². The molecule has 1 N–H and O–H groups in total. The minimum absolute atomic E-state index is 0.215. The van der Waals surface area contributed by atoms with E-state index in [0.29, 0.717) is 0 Å². The van der Waals surface area contributed by atoms with E-state index < -0.39 is 17.3 Å². The zero-order valence-corrected chi connectivity index (χ0v) is 8.14. The Balaban J connectivity index is 3.29. The number of hydrogen-bond donors (Lipinski definition) is 1. The van der Waals surface area contributed by atoms with Crippen LogP contribution < -0.4 is 5.56 Å². The maximum atomic E-state index is 12.9. The molecule has 1 aromatic rings. The number of halogens is 2. The van der Waals surface area contributed by atoms with Gasteiger partial charge in [-0.25, -0.2) is 9.18 Å². The molecule has 0 aliphatic rings. The van der Waals surface area contributed by atoms with Crippen LogP contribution in [0.4, 0.5) is 4.39 Å². The molecule has 0 spiro atoms. The Kier molecular flexibility index (Phi) is 2.82. The monoisotopic (exact) mass is 249 g/mol. The number of rotatable bonds is 1. The number of ether oxygens (including phenoxy) is 1. The number of aromatic amines is 1. The molecule has 0 radical (unpaired) electrons. The molecule has 0 aliphatic carbocycles. The van der Waals surface area contributed by atoms with Crippen LogP contribution in [0, 0.1) is 5.82 Å². The quantitative estimate of drug-likeness (QED) is 0.758. The van der Waals surface area contributed by atoms with E-state index in [-0.39, 0.29) is 10.2 Å². The summed E-state index contributed by atoms with van der Waals surface area (Å²) in [6, 6.07) is 0.886. The highest BCUT2D eigenvalue weighted by atomic mass is 79.9. The van der Waals surface area contributed by atoms with Crippen LogP contribution in [0.2, 0.25) is 0 Å². The third kappa shape index (κ3) is 1.95. The fourth-order valence-electron chi connectivity index (χ4n) is 0.732. The zero-order chi connectivity index (χ0) is 10.0. The minimum Gasteiger partial charge on any atom is -0.464 e. The van der Waals surface area contributed by atoms with Gasteiger partial charge in [-0.1, -0.05) is 0 Å². The van der Waals surface area contributed by atoms with Crippen molar-refractivity contribution in [2.24, 2.45) is 0 Å². The highest BCUT2D eigenvalue weighted by Crippen LogP contribution is 2.09.